The molecule has 10 heteroatoms. The number of piperidine rings is 1. The summed E-state index contributed by atoms with van der Waals surface area (Å²) in [6.45, 7) is 1.56. The van der Waals surface area contributed by atoms with Crippen LogP contribution in [0.25, 0.3) is 10.9 Å². The Morgan fingerprint density at radius 3 is 2.73 bits per heavy atom. The second-order valence-electron chi connectivity index (χ2n) is 10.3. The molecule has 1 saturated heterocycles. The van der Waals surface area contributed by atoms with Crippen LogP contribution in [0, 0.1) is 23.7 Å². The van der Waals surface area contributed by atoms with E-state index in [0.717, 1.165) is 18.6 Å². The molecule has 2 aromatic carbocycles. The van der Waals surface area contributed by atoms with E-state index in [1.807, 2.05) is 0 Å². The number of aromatic nitrogens is 1. The van der Waals surface area contributed by atoms with Crippen LogP contribution >= 0.6 is 11.6 Å². The van der Waals surface area contributed by atoms with Gasteiger partial charge in [-0.3, -0.25) is 14.7 Å². The highest BCUT2D eigenvalue weighted by Gasteiger charge is 2.31. The Hall–Kier alpha value is -3.35. The number of alkyl halides is 4. The molecule has 0 saturated carbocycles. The van der Waals surface area contributed by atoms with Gasteiger partial charge in [-0.25, -0.2) is 4.39 Å². The highest BCUT2D eigenvalue weighted by atomic mass is 35.5. The van der Waals surface area contributed by atoms with E-state index in [2.05, 4.69) is 21.7 Å². The van der Waals surface area contributed by atoms with Crippen molar-refractivity contribution in [2.24, 2.45) is 11.8 Å². The normalized spacial score (nSPS) is 18.5. The molecule has 1 aliphatic heterocycles. The lowest BCUT2D eigenvalue weighted by molar-refractivity contribution is -0.138. The van der Waals surface area contributed by atoms with Crippen LogP contribution in [0.1, 0.15) is 55.0 Å². The number of hydrogen-bond acceptors (Lipinski definition) is 4. The van der Waals surface area contributed by atoms with Crippen LogP contribution < -0.4 is 4.74 Å². The number of carbonyl (C=O) groups is 1. The highest BCUT2D eigenvalue weighted by Crippen LogP contribution is 2.37. The van der Waals surface area contributed by atoms with Crippen molar-refractivity contribution in [3.8, 4) is 17.6 Å². The number of carboxylic acids is 1. The van der Waals surface area contributed by atoms with Crippen molar-refractivity contribution < 1.29 is 32.2 Å². The number of likely N-dealkylation sites (tertiary alicyclic amines) is 1. The fourth-order valence-corrected chi connectivity index (χ4v) is 5.59. The lowest BCUT2D eigenvalue weighted by atomic mass is 9.79. The molecule has 218 valence electrons. The van der Waals surface area contributed by atoms with Crippen molar-refractivity contribution >= 4 is 28.5 Å². The number of nitrogens with zero attached hydrogens (tertiary/aromatic N) is 2. The van der Waals surface area contributed by atoms with Gasteiger partial charge in [0.05, 0.1) is 29.8 Å². The number of carboxylic acid groups (broad SMARTS) is 1. The molecule has 1 aliphatic rings. The number of methoxy groups -OCH3 is 1. The zero-order valence-electron chi connectivity index (χ0n) is 22.6. The predicted molar refractivity (Wildman–Crippen MR) is 150 cm³/mol. The topological polar surface area (TPSA) is 62.7 Å². The number of rotatable bonds is 9. The number of halogens is 5. The van der Waals surface area contributed by atoms with E-state index in [1.165, 1.54) is 6.07 Å². The average Bonchev–Trinajstić information content (AvgIpc) is 2.95. The van der Waals surface area contributed by atoms with Gasteiger partial charge in [0.15, 0.2) is 0 Å². The number of fused-ring (bicyclic) bond motifs is 1. The maximum absolute atomic E-state index is 15.6. The summed E-state index contributed by atoms with van der Waals surface area (Å²) in [5.74, 6) is 5.57. The quantitative estimate of drug-likeness (QED) is 0.206. The maximum atomic E-state index is 15.6. The third-order valence-electron chi connectivity index (χ3n) is 7.63. The first kappa shape index (κ1) is 30.6. The van der Waals surface area contributed by atoms with E-state index in [1.54, 1.807) is 37.6 Å². The fourth-order valence-electron chi connectivity index (χ4n) is 5.42. The number of aliphatic carboxylic acids is 1. The van der Waals surface area contributed by atoms with E-state index in [9.17, 15) is 23.1 Å². The molecule has 0 bridgehead atoms. The van der Waals surface area contributed by atoms with Gasteiger partial charge in [-0.05, 0) is 92.1 Å². The summed E-state index contributed by atoms with van der Waals surface area (Å²) in [6, 6.07) is 10.1. The Morgan fingerprint density at radius 2 is 2.00 bits per heavy atom. The Morgan fingerprint density at radius 1 is 1.20 bits per heavy atom. The lowest BCUT2D eigenvalue weighted by Crippen LogP contribution is -2.41. The van der Waals surface area contributed by atoms with Crippen LogP contribution in [0.5, 0.6) is 5.75 Å². The Labute approximate surface area is 241 Å². The minimum atomic E-state index is -4.49. The van der Waals surface area contributed by atoms with E-state index < -0.39 is 23.9 Å². The minimum Gasteiger partial charge on any atom is -0.497 e. The van der Waals surface area contributed by atoms with Crippen molar-refractivity contribution in [1.29, 1.82) is 0 Å². The van der Waals surface area contributed by atoms with Gasteiger partial charge in [-0.2, -0.15) is 13.2 Å². The van der Waals surface area contributed by atoms with E-state index in [4.69, 9.17) is 16.3 Å². The average molecular weight is 591 g/mol. The molecule has 3 atom stereocenters. The van der Waals surface area contributed by atoms with Gasteiger partial charge in [0.1, 0.15) is 11.9 Å². The molecule has 1 aromatic heterocycles. The predicted octanol–water partition coefficient (Wildman–Crippen LogP) is 7.56. The number of benzene rings is 2. The van der Waals surface area contributed by atoms with Gasteiger partial charge < -0.3 is 9.84 Å². The zero-order chi connectivity index (χ0) is 29.6. The standard InChI is InChI=1S/C31H31ClF4N2O3/c1-41-24-7-10-29-26(18-24)25(12-14-37-29)28(33)9-4-20-13-16-38(19-22(20)5-11-30(39)40)15-2-3-21-17-23(31(34,35)36)6-8-27(21)32/h6-8,10,12,14,17-18,20,22,28H,4-5,9,11,13,15-16,19H2,1H3,(H,39,40)/t20?,22?,28-/m0/s1. The molecule has 1 fully saturated rings. The molecule has 0 amide bonds. The maximum Gasteiger partial charge on any atom is 0.416 e. The zero-order valence-corrected chi connectivity index (χ0v) is 23.3. The van der Waals surface area contributed by atoms with Crippen LogP contribution in [0.15, 0.2) is 48.7 Å². The van der Waals surface area contributed by atoms with E-state index >= 15 is 4.39 Å². The number of pyridine rings is 1. The lowest BCUT2D eigenvalue weighted by Gasteiger charge is -2.38. The molecule has 2 heterocycles. The minimum absolute atomic E-state index is 0.00830. The summed E-state index contributed by atoms with van der Waals surface area (Å²) in [5, 5.41) is 10.1. The van der Waals surface area contributed by atoms with Gasteiger partial charge >= 0.3 is 12.1 Å². The monoisotopic (exact) mass is 590 g/mol. The van der Waals surface area contributed by atoms with Crippen LogP contribution in [-0.2, 0) is 11.0 Å². The number of ether oxygens (including phenoxy) is 1. The van der Waals surface area contributed by atoms with Gasteiger partial charge in [-0.1, -0.05) is 23.4 Å². The fraction of sp³-hybridized carbons (Fsp3) is 0.419. The van der Waals surface area contributed by atoms with Gasteiger partial charge in [0.25, 0.3) is 0 Å². The smallest absolute Gasteiger partial charge is 0.416 e. The summed E-state index contributed by atoms with van der Waals surface area (Å²) < 4.78 is 60.0. The first-order chi connectivity index (χ1) is 19.5. The molecule has 2 unspecified atom stereocenters. The molecule has 4 rings (SSSR count). The molecular weight excluding hydrogens is 560 g/mol. The summed E-state index contributed by atoms with van der Waals surface area (Å²) in [6.07, 6.45) is -2.02. The second-order valence-corrected chi connectivity index (χ2v) is 10.7. The molecule has 3 aromatic rings. The Kier molecular flexibility index (Phi) is 10.1. The first-order valence-corrected chi connectivity index (χ1v) is 13.8. The summed E-state index contributed by atoms with van der Waals surface area (Å²) in [4.78, 5) is 17.7. The molecule has 1 N–H and O–H groups in total. The largest absolute Gasteiger partial charge is 0.497 e. The highest BCUT2D eigenvalue weighted by molar-refractivity contribution is 6.31. The third kappa shape index (κ3) is 8.11. The van der Waals surface area contributed by atoms with Crippen molar-refractivity contribution in [3.63, 3.8) is 0 Å². The molecule has 0 spiro atoms. The second kappa shape index (κ2) is 13.5. The Balaban J connectivity index is 1.41. The molecular formula is C31H31ClF4N2O3. The van der Waals surface area contributed by atoms with E-state index in [0.29, 0.717) is 61.1 Å². The Bertz CT molecular complexity index is 1440. The SMILES string of the molecule is COc1ccc2nccc([C@@H](F)CCC3CCN(CC#Cc4cc(C(F)(F)F)ccc4Cl)CC3CCC(=O)O)c2c1. The van der Waals surface area contributed by atoms with Gasteiger partial charge in [-0.15, -0.1) is 0 Å². The van der Waals surface area contributed by atoms with Gasteiger partial charge in [0.2, 0.25) is 0 Å². The van der Waals surface area contributed by atoms with Crippen LogP contribution in [-0.4, -0.2) is 47.7 Å². The first-order valence-electron chi connectivity index (χ1n) is 13.4. The third-order valence-corrected chi connectivity index (χ3v) is 7.96. The van der Waals surface area contributed by atoms with Crippen LogP contribution in [0.2, 0.25) is 5.02 Å². The summed E-state index contributed by atoms with van der Waals surface area (Å²) >= 11 is 6.05. The van der Waals surface area contributed by atoms with Crippen LogP contribution in [0.3, 0.4) is 0 Å². The van der Waals surface area contributed by atoms with Crippen molar-refractivity contribution in [2.45, 2.75) is 44.5 Å². The molecule has 0 radical (unpaired) electrons. The molecule has 0 aliphatic carbocycles. The van der Waals surface area contributed by atoms with Crippen LogP contribution in [0.4, 0.5) is 17.6 Å². The molecule has 41 heavy (non-hydrogen) atoms. The van der Waals surface area contributed by atoms with Crippen molar-refractivity contribution in [2.75, 3.05) is 26.7 Å². The van der Waals surface area contributed by atoms with E-state index in [-0.39, 0.29) is 28.8 Å². The van der Waals surface area contributed by atoms with Crippen molar-refractivity contribution in [1.82, 2.24) is 9.88 Å². The van der Waals surface area contributed by atoms with Crippen molar-refractivity contribution in [3.05, 3.63) is 70.4 Å². The summed E-state index contributed by atoms with van der Waals surface area (Å²) in [5.41, 5.74) is 0.530. The number of hydrogen-bond donors (Lipinski definition) is 1. The molecule has 5 nitrogen and oxygen atoms in total. The van der Waals surface area contributed by atoms with Gasteiger partial charge in [0, 0.05) is 30.1 Å². The summed E-state index contributed by atoms with van der Waals surface area (Å²) in [7, 11) is 1.56.